The van der Waals surface area contributed by atoms with Gasteiger partial charge in [-0.1, -0.05) is 37.6 Å². The molecule has 11 heavy (non-hydrogen) atoms. The maximum atomic E-state index is 10.2. The first-order chi connectivity index (χ1) is 5.22. The lowest BCUT2D eigenvalue weighted by atomic mass is 10.0. The summed E-state index contributed by atoms with van der Waals surface area (Å²) < 4.78 is 0. The van der Waals surface area contributed by atoms with Gasteiger partial charge in [0.2, 0.25) is 0 Å². The fourth-order valence-electron chi connectivity index (χ4n) is 0.809. The van der Waals surface area contributed by atoms with Gasteiger partial charge in [0.1, 0.15) is 6.61 Å². The average Bonchev–Trinajstić information content (AvgIpc) is 2.00. The highest BCUT2D eigenvalue weighted by Crippen LogP contribution is 2.10. The minimum atomic E-state index is -0.101. The molecule has 0 aliphatic heterocycles. The van der Waals surface area contributed by atoms with E-state index in [4.69, 9.17) is 0 Å². The topological polar surface area (TPSA) is 19.9 Å². The molecule has 0 aromatic carbocycles. The summed E-state index contributed by atoms with van der Waals surface area (Å²) in [4.78, 5) is 0. The van der Waals surface area contributed by atoms with Crippen molar-refractivity contribution in [2.75, 3.05) is 6.61 Å². The molecular formula is C10H17O. The van der Waals surface area contributed by atoms with E-state index in [1.54, 1.807) is 6.08 Å². The lowest BCUT2D eigenvalue weighted by molar-refractivity contribution is 0.231. The van der Waals surface area contributed by atoms with E-state index in [9.17, 15) is 5.11 Å². The zero-order valence-electron chi connectivity index (χ0n) is 7.63. The van der Waals surface area contributed by atoms with E-state index < -0.39 is 0 Å². The molecule has 0 bridgehead atoms. The summed E-state index contributed by atoms with van der Waals surface area (Å²) in [5, 5.41) is 10.2. The Morgan fingerprint density at radius 2 is 2.18 bits per heavy atom. The van der Waals surface area contributed by atoms with E-state index in [2.05, 4.69) is 26.0 Å². The summed E-state index contributed by atoms with van der Waals surface area (Å²) in [6.45, 7) is 6.11. The lowest BCUT2D eigenvalue weighted by Gasteiger charge is -2.04. The molecular weight excluding hydrogens is 136 g/mol. The molecule has 1 atom stereocenters. The molecule has 0 aliphatic rings. The number of hydrogen-bond donors (Lipinski definition) is 0. The predicted molar refractivity (Wildman–Crippen MR) is 47.9 cm³/mol. The molecule has 63 valence electrons. The number of allylic oxidation sites excluding steroid dienone is 3. The quantitative estimate of drug-likeness (QED) is 0.553. The highest BCUT2D eigenvalue weighted by Gasteiger charge is 1.96. The van der Waals surface area contributed by atoms with Gasteiger partial charge >= 0.3 is 0 Å². The van der Waals surface area contributed by atoms with Crippen LogP contribution in [0.3, 0.4) is 0 Å². The lowest BCUT2D eigenvalue weighted by Crippen LogP contribution is -1.92. The highest BCUT2D eigenvalue weighted by molar-refractivity contribution is 5.09. The first-order valence-corrected chi connectivity index (χ1v) is 4.13. The molecule has 0 aromatic rings. The van der Waals surface area contributed by atoms with Gasteiger partial charge in [0.15, 0.2) is 0 Å². The second kappa shape index (κ2) is 6.17. The van der Waals surface area contributed by atoms with E-state index >= 15 is 0 Å². The third-order valence-electron chi connectivity index (χ3n) is 1.78. The Labute approximate surface area is 69.4 Å². The third-order valence-corrected chi connectivity index (χ3v) is 1.78. The van der Waals surface area contributed by atoms with E-state index in [0.717, 1.165) is 6.42 Å². The molecule has 1 radical (unpaired) electrons. The van der Waals surface area contributed by atoms with Crippen LogP contribution in [-0.2, 0) is 5.11 Å². The van der Waals surface area contributed by atoms with Gasteiger partial charge in [-0.2, -0.15) is 0 Å². The van der Waals surface area contributed by atoms with Crippen LogP contribution in [0.4, 0.5) is 0 Å². The van der Waals surface area contributed by atoms with Crippen LogP contribution >= 0.6 is 0 Å². The molecule has 0 rings (SSSR count). The van der Waals surface area contributed by atoms with Crippen LogP contribution in [0.15, 0.2) is 23.8 Å². The zero-order chi connectivity index (χ0) is 8.69. The van der Waals surface area contributed by atoms with Gasteiger partial charge in [0, 0.05) is 0 Å². The molecule has 0 N–H and O–H groups in total. The zero-order valence-corrected chi connectivity index (χ0v) is 7.63. The average molecular weight is 153 g/mol. The molecule has 0 saturated carbocycles. The molecule has 0 spiro atoms. The normalized spacial score (nSPS) is 15.8. The van der Waals surface area contributed by atoms with Crippen molar-refractivity contribution in [3.63, 3.8) is 0 Å². The van der Waals surface area contributed by atoms with Crippen LogP contribution in [0.25, 0.3) is 0 Å². The fraction of sp³-hybridized carbons (Fsp3) is 0.600. The number of hydrogen-bond acceptors (Lipinski definition) is 0. The van der Waals surface area contributed by atoms with Crippen molar-refractivity contribution in [3.05, 3.63) is 23.8 Å². The Balaban J connectivity index is 3.91. The van der Waals surface area contributed by atoms with E-state index in [1.807, 2.05) is 6.92 Å². The van der Waals surface area contributed by atoms with Crippen molar-refractivity contribution in [1.82, 2.24) is 0 Å². The Morgan fingerprint density at radius 3 is 2.64 bits per heavy atom. The molecule has 1 unspecified atom stereocenters. The second-order valence-electron chi connectivity index (χ2n) is 2.74. The van der Waals surface area contributed by atoms with Crippen molar-refractivity contribution in [2.45, 2.75) is 27.2 Å². The predicted octanol–water partition coefficient (Wildman–Crippen LogP) is 2.97. The summed E-state index contributed by atoms with van der Waals surface area (Å²) >= 11 is 0. The first kappa shape index (κ1) is 10.4. The number of rotatable bonds is 4. The van der Waals surface area contributed by atoms with E-state index in [-0.39, 0.29) is 6.61 Å². The molecule has 1 heteroatoms. The molecule has 0 saturated heterocycles. The van der Waals surface area contributed by atoms with Crippen LogP contribution in [0.2, 0.25) is 0 Å². The summed E-state index contributed by atoms with van der Waals surface area (Å²) in [7, 11) is 0. The SMILES string of the molecule is CC/C=C/C(C)/C(C)=C/C[O]. The van der Waals surface area contributed by atoms with Gasteiger partial charge in [0.05, 0.1) is 0 Å². The maximum absolute atomic E-state index is 10.2. The monoisotopic (exact) mass is 153 g/mol. The molecule has 0 heterocycles. The van der Waals surface area contributed by atoms with Crippen molar-refractivity contribution >= 4 is 0 Å². The van der Waals surface area contributed by atoms with Crippen molar-refractivity contribution in [2.24, 2.45) is 5.92 Å². The smallest absolute Gasteiger partial charge is 0.101 e. The minimum absolute atomic E-state index is 0.101. The standard InChI is InChI=1S/C10H17O/c1-4-5-6-9(2)10(3)7-8-11/h5-7,9H,4,8H2,1-3H3/b6-5+,10-7+. The maximum Gasteiger partial charge on any atom is 0.101 e. The van der Waals surface area contributed by atoms with Crippen LogP contribution in [0.1, 0.15) is 27.2 Å². The Kier molecular flexibility index (Phi) is 5.86. The van der Waals surface area contributed by atoms with Crippen LogP contribution in [-0.4, -0.2) is 6.61 Å². The fourth-order valence-corrected chi connectivity index (χ4v) is 0.809. The largest absolute Gasteiger partial charge is 0.232 e. The van der Waals surface area contributed by atoms with E-state index in [1.165, 1.54) is 5.57 Å². The van der Waals surface area contributed by atoms with Gasteiger partial charge in [0.25, 0.3) is 0 Å². The Bertz CT molecular complexity index is 145. The Morgan fingerprint density at radius 1 is 1.55 bits per heavy atom. The minimum Gasteiger partial charge on any atom is -0.232 e. The van der Waals surface area contributed by atoms with Crippen molar-refractivity contribution < 1.29 is 5.11 Å². The van der Waals surface area contributed by atoms with E-state index in [0.29, 0.717) is 5.92 Å². The molecule has 0 aromatic heterocycles. The van der Waals surface area contributed by atoms with Gasteiger partial charge in [-0.25, -0.2) is 5.11 Å². The first-order valence-electron chi connectivity index (χ1n) is 4.13. The van der Waals surface area contributed by atoms with Crippen LogP contribution in [0.5, 0.6) is 0 Å². The Hall–Kier alpha value is -0.560. The van der Waals surface area contributed by atoms with Crippen molar-refractivity contribution in [3.8, 4) is 0 Å². The van der Waals surface area contributed by atoms with Crippen molar-refractivity contribution in [1.29, 1.82) is 0 Å². The van der Waals surface area contributed by atoms with Crippen LogP contribution < -0.4 is 0 Å². The molecule has 0 aliphatic carbocycles. The van der Waals surface area contributed by atoms with Gasteiger partial charge in [-0.05, 0) is 19.3 Å². The van der Waals surface area contributed by atoms with Gasteiger partial charge in [-0.3, -0.25) is 0 Å². The van der Waals surface area contributed by atoms with Gasteiger partial charge < -0.3 is 0 Å². The summed E-state index contributed by atoms with van der Waals surface area (Å²) in [5.74, 6) is 0.420. The summed E-state index contributed by atoms with van der Waals surface area (Å²) in [6, 6.07) is 0. The molecule has 0 fully saturated rings. The highest BCUT2D eigenvalue weighted by atomic mass is 16.2. The summed E-state index contributed by atoms with van der Waals surface area (Å²) in [5.41, 5.74) is 1.17. The second-order valence-corrected chi connectivity index (χ2v) is 2.74. The van der Waals surface area contributed by atoms with Gasteiger partial charge in [-0.15, -0.1) is 0 Å². The summed E-state index contributed by atoms with van der Waals surface area (Å²) in [6.07, 6.45) is 7.08. The van der Waals surface area contributed by atoms with Crippen LogP contribution in [0, 0.1) is 5.92 Å². The third kappa shape index (κ3) is 4.79. The molecule has 0 amide bonds. The molecule has 1 nitrogen and oxygen atoms in total.